The summed E-state index contributed by atoms with van der Waals surface area (Å²) in [5.74, 6) is -0.0929. The van der Waals surface area contributed by atoms with E-state index in [9.17, 15) is 4.79 Å². The van der Waals surface area contributed by atoms with E-state index in [4.69, 9.17) is 4.74 Å². The molecule has 2 saturated heterocycles. The van der Waals surface area contributed by atoms with Crippen LogP contribution < -0.4 is 10.6 Å². The van der Waals surface area contributed by atoms with Gasteiger partial charge >= 0.3 is 0 Å². The van der Waals surface area contributed by atoms with Gasteiger partial charge in [-0.15, -0.1) is 5.10 Å². The maximum absolute atomic E-state index is 13.1. The quantitative estimate of drug-likeness (QED) is 0.788. The maximum Gasteiger partial charge on any atom is 0.274 e. The smallest absolute Gasteiger partial charge is 0.274 e. The molecule has 1 aromatic heterocycles. The number of nitrogens with zero attached hydrogens (tertiary/aromatic N) is 4. The number of amides is 1. The Labute approximate surface area is 167 Å². The van der Waals surface area contributed by atoms with Crippen molar-refractivity contribution < 1.29 is 9.53 Å². The Morgan fingerprint density at radius 2 is 1.93 bits per heavy atom. The SMILES string of the molecule is Cc1c(C(=O)NC(C)C2(N3CCOCC3)CCCC2)nnn1C1CCNCC1. The second kappa shape index (κ2) is 8.47. The van der Waals surface area contributed by atoms with Crippen LogP contribution in [0.1, 0.15) is 67.7 Å². The lowest BCUT2D eigenvalue weighted by Crippen LogP contribution is -2.62. The molecular formula is C20H34N6O2. The van der Waals surface area contributed by atoms with Crippen molar-refractivity contribution in [3.63, 3.8) is 0 Å². The Kier molecular flexibility index (Phi) is 5.99. The standard InChI is InChI=1S/C20H34N6O2/c1-15-18(23-24-26(15)17-5-9-21-10-6-17)19(27)22-16(2)20(7-3-4-8-20)25-11-13-28-14-12-25/h16-17,21H,3-14H2,1-2H3,(H,22,27). The lowest BCUT2D eigenvalue weighted by Gasteiger charge is -2.47. The number of rotatable bonds is 5. The van der Waals surface area contributed by atoms with E-state index in [-0.39, 0.29) is 17.5 Å². The molecule has 2 N–H and O–H groups in total. The van der Waals surface area contributed by atoms with Crippen molar-refractivity contribution in [2.75, 3.05) is 39.4 Å². The maximum atomic E-state index is 13.1. The molecule has 0 bridgehead atoms. The van der Waals surface area contributed by atoms with Crippen LogP contribution in [-0.4, -0.2) is 76.8 Å². The van der Waals surface area contributed by atoms with Gasteiger partial charge in [-0.3, -0.25) is 9.69 Å². The third-order valence-corrected chi connectivity index (χ3v) is 7.06. The first-order valence-electron chi connectivity index (χ1n) is 10.9. The fourth-order valence-electron chi connectivity index (χ4n) is 5.37. The van der Waals surface area contributed by atoms with E-state index in [1.807, 2.05) is 11.6 Å². The highest BCUT2D eigenvalue weighted by Gasteiger charge is 2.45. The second-order valence-corrected chi connectivity index (χ2v) is 8.55. The number of carbonyl (C=O) groups is 1. The Bertz CT molecular complexity index is 672. The topological polar surface area (TPSA) is 84.3 Å². The highest BCUT2D eigenvalue weighted by atomic mass is 16.5. The van der Waals surface area contributed by atoms with Gasteiger partial charge in [-0.25, -0.2) is 4.68 Å². The normalized spacial score (nSPS) is 24.9. The summed E-state index contributed by atoms with van der Waals surface area (Å²) >= 11 is 0. The third-order valence-electron chi connectivity index (χ3n) is 7.06. The Morgan fingerprint density at radius 3 is 2.61 bits per heavy atom. The molecule has 0 aromatic carbocycles. The van der Waals surface area contributed by atoms with Crippen molar-refractivity contribution in [3.8, 4) is 0 Å². The third kappa shape index (κ3) is 3.69. The molecule has 3 aliphatic rings. The van der Waals surface area contributed by atoms with E-state index in [0.717, 1.165) is 70.8 Å². The van der Waals surface area contributed by atoms with Gasteiger partial charge in [0.15, 0.2) is 5.69 Å². The average Bonchev–Trinajstić information content (AvgIpc) is 3.37. The van der Waals surface area contributed by atoms with Gasteiger partial charge in [0.05, 0.1) is 24.9 Å². The summed E-state index contributed by atoms with van der Waals surface area (Å²) in [7, 11) is 0. The number of morpholine rings is 1. The Balaban J connectivity index is 1.47. The number of nitrogens with one attached hydrogen (secondary N) is 2. The minimum atomic E-state index is -0.0929. The molecule has 1 amide bonds. The summed E-state index contributed by atoms with van der Waals surface area (Å²) < 4.78 is 7.51. The van der Waals surface area contributed by atoms with E-state index in [2.05, 4.69) is 32.8 Å². The minimum Gasteiger partial charge on any atom is -0.379 e. The van der Waals surface area contributed by atoms with Gasteiger partial charge in [0.2, 0.25) is 0 Å². The number of piperidine rings is 1. The molecule has 28 heavy (non-hydrogen) atoms. The van der Waals surface area contributed by atoms with Crippen LogP contribution in [0.4, 0.5) is 0 Å². The van der Waals surface area contributed by atoms with Gasteiger partial charge in [-0.05, 0) is 52.6 Å². The summed E-state index contributed by atoms with van der Waals surface area (Å²) in [6.07, 6.45) is 6.78. The van der Waals surface area contributed by atoms with Crippen LogP contribution in [0.15, 0.2) is 0 Å². The molecule has 156 valence electrons. The van der Waals surface area contributed by atoms with Crippen LogP contribution in [0.3, 0.4) is 0 Å². The molecule has 1 unspecified atom stereocenters. The first kappa shape index (κ1) is 19.8. The fraction of sp³-hybridized carbons (Fsp3) is 0.850. The van der Waals surface area contributed by atoms with E-state index < -0.39 is 0 Å². The van der Waals surface area contributed by atoms with E-state index in [1.54, 1.807) is 0 Å². The molecule has 1 aromatic rings. The number of carbonyl (C=O) groups excluding carboxylic acids is 1. The largest absolute Gasteiger partial charge is 0.379 e. The number of ether oxygens (including phenoxy) is 1. The molecule has 2 aliphatic heterocycles. The van der Waals surface area contributed by atoms with Gasteiger partial charge in [0, 0.05) is 24.7 Å². The lowest BCUT2D eigenvalue weighted by atomic mass is 9.86. The van der Waals surface area contributed by atoms with Crippen LogP contribution >= 0.6 is 0 Å². The molecule has 3 fully saturated rings. The highest BCUT2D eigenvalue weighted by Crippen LogP contribution is 2.38. The Morgan fingerprint density at radius 1 is 1.25 bits per heavy atom. The van der Waals surface area contributed by atoms with Crippen molar-refractivity contribution in [1.82, 2.24) is 30.5 Å². The van der Waals surface area contributed by atoms with E-state index in [1.165, 1.54) is 12.8 Å². The first-order chi connectivity index (χ1) is 13.6. The predicted molar refractivity (Wildman–Crippen MR) is 106 cm³/mol. The van der Waals surface area contributed by atoms with Crippen molar-refractivity contribution in [1.29, 1.82) is 0 Å². The molecule has 8 nitrogen and oxygen atoms in total. The molecule has 1 aliphatic carbocycles. The number of hydrogen-bond acceptors (Lipinski definition) is 6. The molecule has 1 saturated carbocycles. The van der Waals surface area contributed by atoms with Crippen molar-refractivity contribution >= 4 is 5.91 Å². The highest BCUT2D eigenvalue weighted by molar-refractivity contribution is 5.93. The van der Waals surface area contributed by atoms with Gasteiger partial charge in [0.1, 0.15) is 0 Å². The molecular weight excluding hydrogens is 356 g/mol. The van der Waals surface area contributed by atoms with Crippen LogP contribution in [0.25, 0.3) is 0 Å². The predicted octanol–water partition coefficient (Wildman–Crippen LogP) is 1.27. The lowest BCUT2D eigenvalue weighted by molar-refractivity contribution is -0.0323. The number of aromatic nitrogens is 3. The monoisotopic (exact) mass is 390 g/mol. The second-order valence-electron chi connectivity index (χ2n) is 8.55. The van der Waals surface area contributed by atoms with Crippen LogP contribution in [-0.2, 0) is 4.74 Å². The summed E-state index contributed by atoms with van der Waals surface area (Å²) in [6, 6.07) is 0.409. The average molecular weight is 391 g/mol. The molecule has 0 spiro atoms. The molecule has 3 heterocycles. The molecule has 4 rings (SSSR count). The summed E-state index contributed by atoms with van der Waals surface area (Å²) in [5.41, 5.74) is 1.39. The molecule has 1 atom stereocenters. The van der Waals surface area contributed by atoms with E-state index in [0.29, 0.717) is 11.7 Å². The van der Waals surface area contributed by atoms with Crippen molar-refractivity contribution in [2.24, 2.45) is 0 Å². The number of hydrogen-bond donors (Lipinski definition) is 2. The summed E-state index contributed by atoms with van der Waals surface area (Å²) in [4.78, 5) is 15.6. The minimum absolute atomic E-state index is 0.0401. The van der Waals surface area contributed by atoms with Gasteiger partial charge in [-0.1, -0.05) is 18.1 Å². The zero-order valence-electron chi connectivity index (χ0n) is 17.2. The van der Waals surface area contributed by atoms with Crippen LogP contribution in [0.5, 0.6) is 0 Å². The zero-order chi connectivity index (χ0) is 19.6. The van der Waals surface area contributed by atoms with Crippen LogP contribution in [0.2, 0.25) is 0 Å². The fourth-order valence-corrected chi connectivity index (χ4v) is 5.37. The zero-order valence-corrected chi connectivity index (χ0v) is 17.2. The van der Waals surface area contributed by atoms with E-state index >= 15 is 0 Å². The van der Waals surface area contributed by atoms with Gasteiger partial charge in [0.25, 0.3) is 5.91 Å². The summed E-state index contributed by atoms with van der Waals surface area (Å²) in [5, 5.41) is 15.2. The molecule has 0 radical (unpaired) electrons. The molecule has 8 heteroatoms. The van der Waals surface area contributed by atoms with Gasteiger partial charge in [-0.2, -0.15) is 0 Å². The van der Waals surface area contributed by atoms with Crippen molar-refractivity contribution in [3.05, 3.63) is 11.4 Å². The Hall–Kier alpha value is -1.51. The van der Waals surface area contributed by atoms with Gasteiger partial charge < -0.3 is 15.4 Å². The first-order valence-corrected chi connectivity index (χ1v) is 10.9. The summed E-state index contributed by atoms with van der Waals surface area (Å²) in [6.45, 7) is 9.57. The van der Waals surface area contributed by atoms with Crippen LogP contribution in [0, 0.1) is 6.92 Å². The van der Waals surface area contributed by atoms with Crippen molar-refractivity contribution in [2.45, 2.75) is 70.0 Å².